The first-order valence-corrected chi connectivity index (χ1v) is 4.53. The molecule has 0 aromatic heterocycles. The van der Waals surface area contributed by atoms with Gasteiger partial charge in [0.05, 0.1) is 7.11 Å². The third-order valence-corrected chi connectivity index (χ3v) is 2.73. The van der Waals surface area contributed by atoms with Gasteiger partial charge in [0, 0.05) is 13.1 Å². The zero-order valence-electron chi connectivity index (χ0n) is 8.19. The predicted octanol–water partition coefficient (Wildman–Crippen LogP) is -1.08. The lowest BCUT2D eigenvalue weighted by Gasteiger charge is -2.38. The quantitative estimate of drug-likeness (QED) is 0.505. The van der Waals surface area contributed by atoms with Crippen molar-refractivity contribution >= 4 is 5.78 Å². The number of hydrogen-bond acceptors (Lipinski definition) is 6. The summed E-state index contributed by atoms with van der Waals surface area (Å²) in [4.78, 5) is 16.4. The molecule has 0 radical (unpaired) electrons. The predicted molar refractivity (Wildman–Crippen MR) is 47.6 cm³/mol. The maximum atomic E-state index is 11.4. The Hall–Kier alpha value is -0.530. The van der Waals surface area contributed by atoms with Crippen LogP contribution in [-0.2, 0) is 9.63 Å². The van der Waals surface area contributed by atoms with Crippen LogP contribution in [0.25, 0.3) is 0 Å². The topological polar surface area (TPSA) is 82.0 Å². The van der Waals surface area contributed by atoms with Crippen LogP contribution in [0.5, 0.6) is 0 Å². The Morgan fingerprint density at radius 2 is 2.14 bits per heavy atom. The molecule has 1 aliphatic rings. The lowest BCUT2D eigenvalue weighted by molar-refractivity contribution is -0.167. The highest BCUT2D eigenvalue weighted by molar-refractivity contribution is 5.89. The van der Waals surface area contributed by atoms with E-state index in [4.69, 9.17) is 15.2 Å². The van der Waals surface area contributed by atoms with Crippen LogP contribution in [0, 0.1) is 0 Å². The monoisotopic (exact) mass is 204 g/mol. The van der Waals surface area contributed by atoms with E-state index >= 15 is 0 Å². The highest BCUT2D eigenvalue weighted by atomic mass is 16.7. The molecular weight excluding hydrogens is 188 g/mol. The van der Waals surface area contributed by atoms with E-state index in [0.29, 0.717) is 25.9 Å². The number of hydrogen-bond donors (Lipinski definition) is 3. The maximum absolute atomic E-state index is 11.4. The fourth-order valence-corrected chi connectivity index (χ4v) is 1.65. The van der Waals surface area contributed by atoms with Crippen molar-refractivity contribution in [2.45, 2.75) is 18.4 Å². The van der Waals surface area contributed by atoms with Crippen molar-refractivity contribution in [3.05, 3.63) is 0 Å². The summed E-state index contributed by atoms with van der Waals surface area (Å²) in [6.07, 6.45) is 0.855. The Balaban J connectivity index is 2.61. The molecule has 0 bridgehead atoms. The van der Waals surface area contributed by atoms with Crippen molar-refractivity contribution in [3.8, 4) is 0 Å². The minimum atomic E-state index is -0.996. The van der Waals surface area contributed by atoms with Crippen molar-refractivity contribution in [2.24, 2.45) is 0 Å². The SMILES string of the molecule is CON1CCC(NO)(C(=O)CO)CC1. The Morgan fingerprint density at radius 3 is 2.50 bits per heavy atom. The van der Waals surface area contributed by atoms with Gasteiger partial charge in [0.15, 0.2) is 5.78 Å². The number of Topliss-reactive ketones (excluding diaryl/α,β-unsaturated/α-hetero) is 1. The fraction of sp³-hybridized carbons (Fsp3) is 0.875. The molecule has 0 amide bonds. The number of nitrogens with zero attached hydrogens (tertiary/aromatic N) is 1. The van der Waals surface area contributed by atoms with Gasteiger partial charge in [-0.1, -0.05) is 0 Å². The fourth-order valence-electron chi connectivity index (χ4n) is 1.65. The van der Waals surface area contributed by atoms with Crippen LogP contribution >= 0.6 is 0 Å². The van der Waals surface area contributed by atoms with Crippen molar-refractivity contribution < 1.29 is 19.9 Å². The molecule has 0 aromatic rings. The number of rotatable bonds is 4. The van der Waals surface area contributed by atoms with Gasteiger partial charge < -0.3 is 15.2 Å². The van der Waals surface area contributed by atoms with Crippen LogP contribution in [0.2, 0.25) is 0 Å². The van der Waals surface area contributed by atoms with Crippen LogP contribution in [0.1, 0.15) is 12.8 Å². The first-order valence-electron chi connectivity index (χ1n) is 4.53. The number of aliphatic hydroxyl groups excluding tert-OH is 1. The van der Waals surface area contributed by atoms with Crippen LogP contribution in [0.4, 0.5) is 0 Å². The molecule has 82 valence electrons. The summed E-state index contributed by atoms with van der Waals surface area (Å²) in [5.41, 5.74) is 1.02. The zero-order valence-corrected chi connectivity index (χ0v) is 8.19. The van der Waals surface area contributed by atoms with Crippen LogP contribution in [0.15, 0.2) is 0 Å². The van der Waals surface area contributed by atoms with Gasteiger partial charge in [0.25, 0.3) is 0 Å². The highest BCUT2D eigenvalue weighted by Gasteiger charge is 2.40. The molecule has 0 spiro atoms. The molecule has 6 heteroatoms. The van der Waals surface area contributed by atoms with Gasteiger partial charge in [-0.3, -0.25) is 4.79 Å². The van der Waals surface area contributed by atoms with E-state index in [0.717, 1.165) is 0 Å². The third-order valence-electron chi connectivity index (χ3n) is 2.73. The molecule has 0 saturated carbocycles. The van der Waals surface area contributed by atoms with E-state index in [1.54, 1.807) is 12.2 Å². The average Bonchev–Trinajstić information content (AvgIpc) is 2.28. The van der Waals surface area contributed by atoms with Crippen molar-refractivity contribution in [2.75, 3.05) is 26.8 Å². The smallest absolute Gasteiger partial charge is 0.180 e. The molecule has 1 aliphatic heterocycles. The summed E-state index contributed by atoms with van der Waals surface area (Å²) < 4.78 is 0. The molecule has 0 unspecified atom stereocenters. The normalized spacial score (nSPS) is 22.2. The van der Waals surface area contributed by atoms with Crippen molar-refractivity contribution in [3.63, 3.8) is 0 Å². The number of carbonyl (C=O) groups excluding carboxylic acids is 1. The zero-order chi connectivity index (χ0) is 10.6. The van der Waals surface area contributed by atoms with Gasteiger partial charge in [0.1, 0.15) is 12.1 Å². The molecular formula is C8H16N2O4. The molecule has 1 saturated heterocycles. The Kier molecular flexibility index (Phi) is 3.97. The van der Waals surface area contributed by atoms with E-state index in [1.807, 2.05) is 5.48 Å². The van der Waals surface area contributed by atoms with Crippen LogP contribution in [0.3, 0.4) is 0 Å². The standard InChI is InChI=1S/C8H16N2O4/c1-14-10-4-2-8(9-13,3-5-10)7(12)6-11/h9,11,13H,2-6H2,1H3. The van der Waals surface area contributed by atoms with Crippen molar-refractivity contribution in [1.82, 2.24) is 10.5 Å². The first-order chi connectivity index (χ1) is 6.68. The molecule has 6 nitrogen and oxygen atoms in total. The first kappa shape index (κ1) is 11.5. The molecule has 1 fully saturated rings. The minimum absolute atomic E-state index is 0.379. The average molecular weight is 204 g/mol. The summed E-state index contributed by atoms with van der Waals surface area (Å²) in [7, 11) is 1.56. The Morgan fingerprint density at radius 1 is 1.57 bits per heavy atom. The van der Waals surface area contributed by atoms with Gasteiger partial charge >= 0.3 is 0 Å². The van der Waals surface area contributed by atoms with Crippen LogP contribution in [-0.4, -0.2) is 53.5 Å². The van der Waals surface area contributed by atoms with E-state index < -0.39 is 12.1 Å². The Bertz CT molecular complexity index is 202. The van der Waals surface area contributed by atoms with E-state index in [9.17, 15) is 4.79 Å². The molecule has 3 N–H and O–H groups in total. The summed E-state index contributed by atoms with van der Waals surface area (Å²) >= 11 is 0. The lowest BCUT2D eigenvalue weighted by Crippen LogP contribution is -2.58. The Labute approximate surface area is 82.4 Å². The summed E-state index contributed by atoms with van der Waals surface area (Å²) in [6.45, 7) is 0.548. The molecule has 1 heterocycles. The maximum Gasteiger partial charge on any atom is 0.180 e. The second-order valence-corrected chi connectivity index (χ2v) is 3.39. The van der Waals surface area contributed by atoms with E-state index in [-0.39, 0.29) is 5.78 Å². The van der Waals surface area contributed by atoms with Gasteiger partial charge in [-0.25, -0.2) is 0 Å². The number of hydroxylamine groups is 3. The largest absolute Gasteiger partial charge is 0.389 e. The molecule has 1 rings (SSSR count). The lowest BCUT2D eigenvalue weighted by atomic mass is 9.85. The number of piperidine rings is 1. The van der Waals surface area contributed by atoms with E-state index in [2.05, 4.69) is 0 Å². The minimum Gasteiger partial charge on any atom is -0.389 e. The second kappa shape index (κ2) is 4.81. The molecule has 0 aliphatic carbocycles. The summed E-state index contributed by atoms with van der Waals surface area (Å²) in [5, 5.41) is 19.4. The summed E-state index contributed by atoms with van der Waals surface area (Å²) in [5.74, 6) is -0.379. The summed E-state index contributed by atoms with van der Waals surface area (Å²) in [6, 6.07) is 0. The number of nitrogens with one attached hydrogen (secondary N) is 1. The molecule has 0 aromatic carbocycles. The number of carbonyl (C=O) groups is 1. The number of ketones is 1. The van der Waals surface area contributed by atoms with Gasteiger partial charge in [-0.05, 0) is 12.8 Å². The van der Waals surface area contributed by atoms with Gasteiger partial charge in [-0.2, -0.15) is 10.5 Å². The highest BCUT2D eigenvalue weighted by Crippen LogP contribution is 2.22. The van der Waals surface area contributed by atoms with Gasteiger partial charge in [0.2, 0.25) is 0 Å². The molecule has 14 heavy (non-hydrogen) atoms. The number of aliphatic hydroxyl groups is 1. The van der Waals surface area contributed by atoms with Gasteiger partial charge in [-0.15, -0.1) is 0 Å². The molecule has 0 atom stereocenters. The second-order valence-electron chi connectivity index (χ2n) is 3.39. The van der Waals surface area contributed by atoms with Crippen LogP contribution < -0.4 is 5.48 Å². The third kappa shape index (κ3) is 2.10. The van der Waals surface area contributed by atoms with Crippen molar-refractivity contribution in [1.29, 1.82) is 0 Å². The van der Waals surface area contributed by atoms with E-state index in [1.165, 1.54) is 0 Å².